The maximum Gasteiger partial charge on any atom is 0.251 e. The summed E-state index contributed by atoms with van der Waals surface area (Å²) in [5.41, 5.74) is 3.62. The van der Waals surface area contributed by atoms with E-state index in [-0.39, 0.29) is 24.2 Å². The molecular weight excluding hydrogens is 420 g/mol. The number of carbonyl (C=O) groups excluding carboxylic acids is 1. The highest BCUT2D eigenvalue weighted by Crippen LogP contribution is 2.36. The molecule has 0 saturated carbocycles. The molecule has 3 aromatic rings. The van der Waals surface area contributed by atoms with Crippen molar-refractivity contribution in [3.8, 4) is 17.1 Å². The van der Waals surface area contributed by atoms with Gasteiger partial charge in [-0.1, -0.05) is 6.07 Å². The monoisotopic (exact) mass is 446 g/mol. The lowest BCUT2D eigenvalue weighted by Crippen LogP contribution is -2.35. The molecule has 9 heteroatoms. The van der Waals surface area contributed by atoms with Crippen molar-refractivity contribution in [1.29, 1.82) is 0 Å². The topological polar surface area (TPSA) is 99.7 Å². The number of hydrogen-bond donors (Lipinski definition) is 3. The third-order valence-electron chi connectivity index (χ3n) is 5.22. The third kappa shape index (κ3) is 5.34. The minimum absolute atomic E-state index is 0. The maximum atomic E-state index is 12.4. The van der Waals surface area contributed by atoms with Crippen molar-refractivity contribution < 1.29 is 19.4 Å². The maximum absolute atomic E-state index is 12.4. The standard InChI is InChI=1S/C22H26N4O4.ClH/c1-29-9-6-23-21(27)16-3-5-18-17(12-16)20(22(28)25-18)19-4-2-15(13-24-19)14-26-7-10-30-11-8-26;/h2-5,12-13,25,28H,6-11,14H2,1H3,(H,23,27);1H. The second kappa shape index (κ2) is 10.6. The van der Waals surface area contributed by atoms with Crippen molar-refractivity contribution in [2.24, 2.45) is 0 Å². The van der Waals surface area contributed by atoms with Gasteiger partial charge in [-0.25, -0.2) is 0 Å². The van der Waals surface area contributed by atoms with Crippen LogP contribution in [0.25, 0.3) is 22.2 Å². The Balaban J connectivity index is 0.00000272. The smallest absolute Gasteiger partial charge is 0.251 e. The number of aromatic nitrogens is 2. The fraction of sp³-hybridized carbons (Fsp3) is 0.364. The SMILES string of the molecule is COCCNC(=O)c1ccc2[nH]c(O)c(-c3ccc(CN4CCOCC4)cn3)c2c1.Cl. The number of morpholine rings is 1. The number of nitrogens with one attached hydrogen (secondary N) is 2. The summed E-state index contributed by atoms with van der Waals surface area (Å²) >= 11 is 0. The van der Waals surface area contributed by atoms with E-state index in [1.807, 2.05) is 18.3 Å². The summed E-state index contributed by atoms with van der Waals surface area (Å²) in [6.45, 7) is 5.06. The van der Waals surface area contributed by atoms with Gasteiger partial charge < -0.3 is 24.9 Å². The lowest BCUT2D eigenvalue weighted by molar-refractivity contribution is 0.0341. The number of halogens is 1. The van der Waals surface area contributed by atoms with E-state index in [0.717, 1.165) is 49.3 Å². The van der Waals surface area contributed by atoms with Gasteiger partial charge in [0.05, 0.1) is 31.1 Å². The minimum atomic E-state index is -0.186. The molecule has 4 rings (SSSR count). The average Bonchev–Trinajstić information content (AvgIpc) is 3.10. The zero-order valence-electron chi connectivity index (χ0n) is 17.4. The summed E-state index contributed by atoms with van der Waals surface area (Å²) in [6, 6.07) is 9.22. The molecule has 1 saturated heterocycles. The summed E-state index contributed by atoms with van der Waals surface area (Å²) in [7, 11) is 1.59. The minimum Gasteiger partial charge on any atom is -0.494 e. The molecule has 0 atom stereocenters. The molecule has 0 radical (unpaired) electrons. The summed E-state index contributed by atoms with van der Waals surface area (Å²) in [5, 5.41) is 14.0. The van der Waals surface area contributed by atoms with E-state index in [1.54, 1.807) is 25.3 Å². The summed E-state index contributed by atoms with van der Waals surface area (Å²) in [6.07, 6.45) is 1.84. The van der Waals surface area contributed by atoms with Crippen molar-refractivity contribution in [2.75, 3.05) is 46.6 Å². The Morgan fingerprint density at radius 3 is 2.81 bits per heavy atom. The van der Waals surface area contributed by atoms with Crippen LogP contribution >= 0.6 is 12.4 Å². The number of hydrogen-bond acceptors (Lipinski definition) is 6. The highest BCUT2D eigenvalue weighted by molar-refractivity contribution is 6.03. The van der Waals surface area contributed by atoms with Crippen LogP contribution in [-0.4, -0.2) is 72.4 Å². The summed E-state index contributed by atoms with van der Waals surface area (Å²) in [4.78, 5) is 22.3. The van der Waals surface area contributed by atoms with Crippen LogP contribution in [0.3, 0.4) is 0 Å². The highest BCUT2D eigenvalue weighted by Gasteiger charge is 2.17. The van der Waals surface area contributed by atoms with Crippen LogP contribution in [0.1, 0.15) is 15.9 Å². The molecule has 0 spiro atoms. The molecule has 0 bridgehead atoms. The van der Waals surface area contributed by atoms with Crippen molar-refractivity contribution in [3.63, 3.8) is 0 Å². The fourth-order valence-electron chi connectivity index (χ4n) is 3.63. The first-order valence-electron chi connectivity index (χ1n) is 10.0. The van der Waals surface area contributed by atoms with Crippen LogP contribution < -0.4 is 5.32 Å². The number of aromatic amines is 1. The molecule has 8 nitrogen and oxygen atoms in total. The first kappa shape index (κ1) is 23.0. The molecule has 31 heavy (non-hydrogen) atoms. The van der Waals surface area contributed by atoms with E-state index >= 15 is 0 Å². The van der Waals surface area contributed by atoms with Crippen molar-refractivity contribution >= 4 is 29.2 Å². The first-order chi connectivity index (χ1) is 14.7. The van der Waals surface area contributed by atoms with Crippen LogP contribution in [-0.2, 0) is 16.0 Å². The number of amides is 1. The normalized spacial score (nSPS) is 14.4. The average molecular weight is 447 g/mol. The van der Waals surface area contributed by atoms with Crippen molar-refractivity contribution in [3.05, 3.63) is 47.7 Å². The van der Waals surface area contributed by atoms with Crippen LogP contribution in [0.15, 0.2) is 36.5 Å². The van der Waals surface area contributed by atoms with E-state index in [4.69, 9.17) is 9.47 Å². The summed E-state index contributed by atoms with van der Waals surface area (Å²) in [5.74, 6) is -0.148. The van der Waals surface area contributed by atoms with E-state index in [0.29, 0.717) is 30.0 Å². The number of methoxy groups -OCH3 is 1. The Morgan fingerprint density at radius 2 is 2.10 bits per heavy atom. The number of nitrogens with zero attached hydrogens (tertiary/aromatic N) is 2. The lowest BCUT2D eigenvalue weighted by atomic mass is 10.1. The van der Waals surface area contributed by atoms with E-state index < -0.39 is 0 Å². The van der Waals surface area contributed by atoms with Crippen LogP contribution in [0.2, 0.25) is 0 Å². The zero-order valence-corrected chi connectivity index (χ0v) is 18.2. The molecule has 1 aliphatic rings. The Kier molecular flexibility index (Phi) is 7.86. The Hall–Kier alpha value is -2.65. The molecular formula is C22H27ClN4O4. The number of pyridine rings is 1. The Labute approximate surface area is 187 Å². The van der Waals surface area contributed by atoms with Gasteiger partial charge in [0.1, 0.15) is 0 Å². The first-order valence-corrected chi connectivity index (χ1v) is 10.0. The second-order valence-corrected chi connectivity index (χ2v) is 7.30. The zero-order chi connectivity index (χ0) is 20.9. The Bertz CT molecular complexity index is 1020. The lowest BCUT2D eigenvalue weighted by Gasteiger charge is -2.26. The molecule has 0 unspecified atom stereocenters. The molecule has 1 fully saturated rings. The number of carbonyl (C=O) groups is 1. The number of aromatic hydroxyl groups is 1. The molecule has 3 N–H and O–H groups in total. The van der Waals surface area contributed by atoms with Gasteiger partial charge in [0.15, 0.2) is 5.88 Å². The number of rotatable bonds is 7. The van der Waals surface area contributed by atoms with Gasteiger partial charge in [-0.3, -0.25) is 14.7 Å². The molecule has 0 aliphatic carbocycles. The Morgan fingerprint density at radius 1 is 1.29 bits per heavy atom. The number of benzene rings is 1. The van der Waals surface area contributed by atoms with Crippen molar-refractivity contribution in [2.45, 2.75) is 6.54 Å². The molecule has 1 amide bonds. The van der Waals surface area contributed by atoms with Gasteiger partial charge >= 0.3 is 0 Å². The second-order valence-electron chi connectivity index (χ2n) is 7.30. The van der Waals surface area contributed by atoms with E-state index in [1.165, 1.54) is 0 Å². The van der Waals surface area contributed by atoms with E-state index in [9.17, 15) is 9.90 Å². The summed E-state index contributed by atoms with van der Waals surface area (Å²) < 4.78 is 10.4. The molecule has 1 aromatic carbocycles. The van der Waals surface area contributed by atoms with Gasteiger partial charge in [0.2, 0.25) is 0 Å². The number of H-pyrrole nitrogens is 1. The van der Waals surface area contributed by atoms with Crippen LogP contribution in [0.4, 0.5) is 0 Å². The quantitative estimate of drug-likeness (QED) is 0.482. The largest absolute Gasteiger partial charge is 0.494 e. The van der Waals surface area contributed by atoms with Crippen molar-refractivity contribution in [1.82, 2.24) is 20.2 Å². The van der Waals surface area contributed by atoms with Crippen LogP contribution in [0.5, 0.6) is 5.88 Å². The fourth-order valence-corrected chi connectivity index (χ4v) is 3.63. The highest BCUT2D eigenvalue weighted by atomic mass is 35.5. The number of fused-ring (bicyclic) bond motifs is 1. The predicted octanol–water partition coefficient (Wildman–Crippen LogP) is 2.57. The van der Waals surface area contributed by atoms with Gasteiger partial charge in [0, 0.05) is 56.0 Å². The van der Waals surface area contributed by atoms with Gasteiger partial charge in [-0.05, 0) is 29.8 Å². The van der Waals surface area contributed by atoms with Gasteiger partial charge in [-0.15, -0.1) is 12.4 Å². The van der Waals surface area contributed by atoms with Gasteiger partial charge in [0.25, 0.3) is 5.91 Å². The molecule has 2 aromatic heterocycles. The van der Waals surface area contributed by atoms with Crippen LogP contribution in [0, 0.1) is 0 Å². The van der Waals surface area contributed by atoms with Gasteiger partial charge in [-0.2, -0.15) is 0 Å². The predicted molar refractivity (Wildman–Crippen MR) is 121 cm³/mol. The number of ether oxygens (including phenoxy) is 2. The third-order valence-corrected chi connectivity index (χ3v) is 5.22. The molecule has 1 aliphatic heterocycles. The molecule has 166 valence electrons. The molecule has 3 heterocycles. The van der Waals surface area contributed by atoms with E-state index in [2.05, 4.69) is 20.2 Å².